The lowest BCUT2D eigenvalue weighted by atomic mass is 10.0. The van der Waals surface area contributed by atoms with Crippen molar-refractivity contribution >= 4 is 39.4 Å². The van der Waals surface area contributed by atoms with Gasteiger partial charge in [-0.15, -0.1) is 0 Å². The van der Waals surface area contributed by atoms with E-state index in [0.29, 0.717) is 4.99 Å². The molecule has 3 aromatic rings. The Bertz CT molecular complexity index is 807. The summed E-state index contributed by atoms with van der Waals surface area (Å²) in [6, 6.07) is 12.0. The summed E-state index contributed by atoms with van der Waals surface area (Å²) in [5, 5.41) is 9.81. The van der Waals surface area contributed by atoms with Crippen LogP contribution in [0.15, 0.2) is 48.8 Å². The molecule has 0 aliphatic carbocycles. The molecular weight excluding hydrogens is 280 g/mol. The first kappa shape index (κ1) is 13.6. The molecule has 0 saturated carbocycles. The number of benzene rings is 2. The maximum atomic E-state index is 5.80. The van der Waals surface area contributed by atoms with Crippen LogP contribution in [0.4, 0.5) is 11.4 Å². The Morgan fingerprint density at radius 2 is 2.00 bits per heavy atom. The third-order valence-electron chi connectivity index (χ3n) is 3.43. The summed E-state index contributed by atoms with van der Waals surface area (Å²) in [6.45, 7) is 2.91. The van der Waals surface area contributed by atoms with E-state index in [1.54, 1.807) is 0 Å². The lowest BCUT2D eigenvalue weighted by molar-refractivity contribution is 0.660. The Balaban J connectivity index is 2.07. The predicted molar refractivity (Wildman–Crippen MR) is 91.0 cm³/mol. The normalized spacial score (nSPS) is 10.7. The van der Waals surface area contributed by atoms with Gasteiger partial charge < -0.3 is 11.1 Å². The molecule has 0 saturated heterocycles. The van der Waals surface area contributed by atoms with Crippen LogP contribution in [0.25, 0.3) is 10.8 Å². The maximum Gasteiger partial charge on any atom is 0.104 e. The summed E-state index contributed by atoms with van der Waals surface area (Å²) in [6.07, 6.45) is 3.80. The van der Waals surface area contributed by atoms with Crippen molar-refractivity contribution in [2.45, 2.75) is 13.5 Å². The molecular formula is C16H16N4S. The van der Waals surface area contributed by atoms with E-state index < -0.39 is 0 Å². The van der Waals surface area contributed by atoms with E-state index in [0.717, 1.165) is 34.3 Å². The Hall–Kier alpha value is -2.40. The molecule has 0 aliphatic rings. The van der Waals surface area contributed by atoms with Gasteiger partial charge in [-0.1, -0.05) is 36.5 Å². The van der Waals surface area contributed by atoms with Crippen molar-refractivity contribution < 1.29 is 0 Å². The fraction of sp³-hybridized carbons (Fsp3) is 0.125. The summed E-state index contributed by atoms with van der Waals surface area (Å²) in [5.41, 5.74) is 8.68. The van der Waals surface area contributed by atoms with Crippen LogP contribution in [0.3, 0.4) is 0 Å². The molecule has 21 heavy (non-hydrogen) atoms. The van der Waals surface area contributed by atoms with Gasteiger partial charge in [-0.3, -0.25) is 4.68 Å². The molecule has 1 aromatic heterocycles. The number of rotatable bonds is 4. The minimum Gasteiger partial charge on any atom is -0.389 e. The number of anilines is 2. The Morgan fingerprint density at radius 3 is 2.67 bits per heavy atom. The third-order valence-corrected chi connectivity index (χ3v) is 3.65. The quantitative estimate of drug-likeness (QED) is 0.724. The molecule has 0 atom stereocenters. The van der Waals surface area contributed by atoms with Crippen LogP contribution >= 0.6 is 12.2 Å². The van der Waals surface area contributed by atoms with E-state index >= 15 is 0 Å². The highest BCUT2D eigenvalue weighted by atomic mass is 32.1. The van der Waals surface area contributed by atoms with Crippen molar-refractivity contribution in [2.24, 2.45) is 5.73 Å². The Labute approximate surface area is 128 Å². The summed E-state index contributed by atoms with van der Waals surface area (Å²) in [4.78, 5) is 0.413. The van der Waals surface area contributed by atoms with Gasteiger partial charge in [-0.25, -0.2) is 0 Å². The molecule has 0 radical (unpaired) electrons. The standard InChI is InChI=1S/C16H16N4S/c1-2-20-10-11(9-18-20)19-15-8-7-14(16(17)21)12-5-3-4-6-13(12)15/h3-10,19H,2H2,1H3,(H2,17,21). The molecule has 0 fully saturated rings. The number of hydrogen-bond acceptors (Lipinski definition) is 3. The van der Waals surface area contributed by atoms with Crippen molar-refractivity contribution in [3.8, 4) is 0 Å². The van der Waals surface area contributed by atoms with E-state index in [4.69, 9.17) is 18.0 Å². The molecule has 3 N–H and O–H groups in total. The molecule has 1 heterocycles. The number of aryl methyl sites for hydroxylation is 1. The summed E-state index contributed by atoms with van der Waals surface area (Å²) < 4.78 is 1.88. The first-order valence-electron chi connectivity index (χ1n) is 6.80. The SMILES string of the molecule is CCn1cc(Nc2ccc(C(N)=S)c3ccccc23)cn1. The Kier molecular flexibility index (Phi) is 3.58. The van der Waals surface area contributed by atoms with Crippen molar-refractivity contribution in [1.82, 2.24) is 9.78 Å². The van der Waals surface area contributed by atoms with E-state index in [-0.39, 0.29) is 0 Å². The van der Waals surface area contributed by atoms with Gasteiger partial charge in [0.15, 0.2) is 0 Å². The molecule has 0 aliphatic heterocycles. The number of nitrogens with two attached hydrogens (primary N) is 1. The molecule has 2 aromatic carbocycles. The van der Waals surface area contributed by atoms with Crippen LogP contribution in [0.2, 0.25) is 0 Å². The number of thiocarbonyl (C=S) groups is 1. The molecule has 0 unspecified atom stereocenters. The largest absolute Gasteiger partial charge is 0.389 e. The molecule has 0 bridgehead atoms. The number of nitrogens with one attached hydrogen (secondary N) is 1. The summed E-state index contributed by atoms with van der Waals surface area (Å²) in [7, 11) is 0. The number of fused-ring (bicyclic) bond motifs is 1. The fourth-order valence-electron chi connectivity index (χ4n) is 2.38. The fourth-order valence-corrected chi connectivity index (χ4v) is 2.56. The van der Waals surface area contributed by atoms with E-state index in [1.165, 1.54) is 0 Å². The summed E-state index contributed by atoms with van der Waals surface area (Å²) in [5.74, 6) is 0. The van der Waals surface area contributed by atoms with Crippen LogP contribution < -0.4 is 11.1 Å². The maximum absolute atomic E-state index is 5.80. The first-order chi connectivity index (χ1) is 10.2. The number of nitrogens with zero attached hydrogens (tertiary/aromatic N) is 2. The minimum absolute atomic E-state index is 0.413. The van der Waals surface area contributed by atoms with Crippen LogP contribution in [-0.4, -0.2) is 14.8 Å². The minimum atomic E-state index is 0.413. The van der Waals surface area contributed by atoms with E-state index in [9.17, 15) is 0 Å². The molecule has 0 amide bonds. The number of hydrogen-bond donors (Lipinski definition) is 2. The second-order valence-electron chi connectivity index (χ2n) is 4.78. The van der Waals surface area contributed by atoms with Crippen molar-refractivity contribution in [3.05, 3.63) is 54.4 Å². The van der Waals surface area contributed by atoms with Crippen molar-refractivity contribution in [2.75, 3.05) is 5.32 Å². The lowest BCUT2D eigenvalue weighted by Crippen LogP contribution is -2.10. The van der Waals surface area contributed by atoms with Crippen LogP contribution in [0.5, 0.6) is 0 Å². The van der Waals surface area contributed by atoms with Gasteiger partial charge in [0.1, 0.15) is 4.99 Å². The average molecular weight is 296 g/mol. The van der Waals surface area contributed by atoms with Gasteiger partial charge in [-0.05, 0) is 24.4 Å². The molecule has 4 nitrogen and oxygen atoms in total. The smallest absolute Gasteiger partial charge is 0.104 e. The topological polar surface area (TPSA) is 55.9 Å². The molecule has 3 rings (SSSR count). The van der Waals surface area contributed by atoms with Crippen LogP contribution in [-0.2, 0) is 6.54 Å². The molecule has 5 heteroatoms. The van der Waals surface area contributed by atoms with Gasteiger partial charge >= 0.3 is 0 Å². The zero-order valence-corrected chi connectivity index (χ0v) is 12.5. The zero-order chi connectivity index (χ0) is 14.8. The van der Waals surface area contributed by atoms with Gasteiger partial charge in [0, 0.05) is 29.4 Å². The third kappa shape index (κ3) is 2.60. The van der Waals surface area contributed by atoms with Gasteiger partial charge in [0.25, 0.3) is 0 Å². The van der Waals surface area contributed by atoms with Crippen molar-refractivity contribution in [3.63, 3.8) is 0 Å². The predicted octanol–water partition coefficient (Wildman–Crippen LogP) is 3.43. The van der Waals surface area contributed by atoms with E-state index in [1.807, 2.05) is 47.4 Å². The average Bonchev–Trinajstić information content (AvgIpc) is 2.95. The van der Waals surface area contributed by atoms with E-state index in [2.05, 4.69) is 23.4 Å². The molecule has 0 spiro atoms. The van der Waals surface area contributed by atoms with Gasteiger partial charge in [0.05, 0.1) is 11.9 Å². The van der Waals surface area contributed by atoms with Crippen LogP contribution in [0.1, 0.15) is 12.5 Å². The first-order valence-corrected chi connectivity index (χ1v) is 7.21. The Morgan fingerprint density at radius 1 is 1.24 bits per heavy atom. The highest BCUT2D eigenvalue weighted by Crippen LogP contribution is 2.29. The lowest BCUT2D eigenvalue weighted by Gasteiger charge is -2.11. The highest BCUT2D eigenvalue weighted by molar-refractivity contribution is 7.80. The second kappa shape index (κ2) is 5.54. The van der Waals surface area contributed by atoms with Crippen LogP contribution in [0, 0.1) is 0 Å². The highest BCUT2D eigenvalue weighted by Gasteiger charge is 2.08. The van der Waals surface area contributed by atoms with Gasteiger partial charge in [0.2, 0.25) is 0 Å². The summed E-state index contributed by atoms with van der Waals surface area (Å²) >= 11 is 5.13. The monoisotopic (exact) mass is 296 g/mol. The zero-order valence-electron chi connectivity index (χ0n) is 11.7. The molecule has 106 valence electrons. The second-order valence-corrected chi connectivity index (χ2v) is 5.22. The van der Waals surface area contributed by atoms with Gasteiger partial charge in [-0.2, -0.15) is 5.10 Å². The number of aromatic nitrogens is 2. The van der Waals surface area contributed by atoms with Crippen molar-refractivity contribution in [1.29, 1.82) is 0 Å².